The van der Waals surface area contributed by atoms with Crippen molar-refractivity contribution in [1.29, 1.82) is 0 Å². The van der Waals surface area contributed by atoms with E-state index in [1.807, 2.05) is 0 Å². The Morgan fingerprint density at radius 1 is 0.500 bits per heavy atom. The summed E-state index contributed by atoms with van der Waals surface area (Å²) in [5.41, 5.74) is 0. The zero-order valence-corrected chi connectivity index (χ0v) is 30.1. The molecule has 0 aromatic rings. The maximum Gasteiger partial charge on any atom is 0.306 e. The van der Waals surface area contributed by atoms with Gasteiger partial charge < -0.3 is 14.6 Å². The predicted molar refractivity (Wildman–Crippen MR) is 196 cm³/mol. The van der Waals surface area contributed by atoms with E-state index in [0.29, 0.717) is 19.3 Å². The van der Waals surface area contributed by atoms with E-state index in [0.717, 1.165) is 38.5 Å². The minimum Gasteiger partial charge on any atom is -0.462 e. The van der Waals surface area contributed by atoms with Crippen LogP contribution in [0, 0.1) is 0 Å². The van der Waals surface area contributed by atoms with Crippen molar-refractivity contribution in [2.45, 2.75) is 187 Å². The van der Waals surface area contributed by atoms with Crippen molar-refractivity contribution < 1.29 is 24.2 Å². The number of carbonyl (C=O) groups excluding carboxylic acids is 2. The first kappa shape index (κ1) is 43.9. The van der Waals surface area contributed by atoms with Gasteiger partial charge in [-0.3, -0.25) is 9.59 Å². The smallest absolute Gasteiger partial charge is 0.306 e. The van der Waals surface area contributed by atoms with Crippen LogP contribution in [0.4, 0.5) is 0 Å². The third-order valence-corrected chi connectivity index (χ3v) is 8.10. The molecule has 0 aromatic carbocycles. The lowest BCUT2D eigenvalue weighted by atomic mass is 10.1. The van der Waals surface area contributed by atoms with Crippen LogP contribution in [0.5, 0.6) is 0 Å². The number of carbonyl (C=O) groups is 2. The molecule has 0 radical (unpaired) electrons. The molecule has 0 aliphatic rings. The Hall–Kier alpha value is -2.14. The van der Waals surface area contributed by atoms with E-state index in [-0.39, 0.29) is 25.2 Å². The molecule has 0 heterocycles. The lowest BCUT2D eigenvalue weighted by Gasteiger charge is -2.15. The average Bonchev–Trinajstić information content (AvgIpc) is 3.06. The number of hydrogen-bond acceptors (Lipinski definition) is 5. The second-order valence-electron chi connectivity index (χ2n) is 12.6. The van der Waals surface area contributed by atoms with Gasteiger partial charge in [-0.15, -0.1) is 0 Å². The molecular formula is C41H72O5. The van der Waals surface area contributed by atoms with Crippen molar-refractivity contribution in [3.63, 3.8) is 0 Å². The molecule has 1 atom stereocenters. The number of unbranched alkanes of at least 4 members (excludes halogenated alkanes) is 18. The Kier molecular flexibility index (Phi) is 35.6. The van der Waals surface area contributed by atoms with Gasteiger partial charge in [-0.05, 0) is 70.6 Å². The van der Waals surface area contributed by atoms with Crippen LogP contribution >= 0.6 is 0 Å². The fraction of sp³-hybridized carbons (Fsp3) is 0.756. The maximum atomic E-state index is 12.1. The van der Waals surface area contributed by atoms with E-state index in [1.165, 1.54) is 109 Å². The highest BCUT2D eigenvalue weighted by molar-refractivity contribution is 5.70. The molecule has 1 N–H and O–H groups in total. The first-order chi connectivity index (χ1) is 22.6. The summed E-state index contributed by atoms with van der Waals surface area (Å²) in [6.07, 6.45) is 46.0. The highest BCUT2D eigenvalue weighted by Crippen LogP contribution is 2.12. The molecule has 0 aliphatic carbocycles. The third kappa shape index (κ3) is 34.7. The van der Waals surface area contributed by atoms with E-state index >= 15 is 0 Å². The van der Waals surface area contributed by atoms with Gasteiger partial charge in [0.05, 0.1) is 6.61 Å². The van der Waals surface area contributed by atoms with Gasteiger partial charge in [-0.1, -0.05) is 146 Å². The topological polar surface area (TPSA) is 72.8 Å². The van der Waals surface area contributed by atoms with Crippen LogP contribution in [-0.4, -0.2) is 36.4 Å². The lowest BCUT2D eigenvalue weighted by Crippen LogP contribution is -2.28. The van der Waals surface area contributed by atoms with E-state index in [9.17, 15) is 14.7 Å². The van der Waals surface area contributed by atoms with Gasteiger partial charge in [0.25, 0.3) is 0 Å². The Morgan fingerprint density at radius 2 is 0.891 bits per heavy atom. The van der Waals surface area contributed by atoms with E-state index in [1.54, 1.807) is 0 Å². The quantitative estimate of drug-likeness (QED) is 0.0429. The van der Waals surface area contributed by atoms with Crippen molar-refractivity contribution in [3.05, 3.63) is 48.6 Å². The summed E-state index contributed by atoms with van der Waals surface area (Å²) in [4.78, 5) is 24.2. The second-order valence-corrected chi connectivity index (χ2v) is 12.6. The molecule has 5 heteroatoms. The summed E-state index contributed by atoms with van der Waals surface area (Å²) in [6, 6.07) is 0. The molecule has 46 heavy (non-hydrogen) atoms. The van der Waals surface area contributed by atoms with Gasteiger partial charge in [0.1, 0.15) is 6.61 Å². The van der Waals surface area contributed by atoms with E-state index < -0.39 is 6.10 Å². The van der Waals surface area contributed by atoms with E-state index in [4.69, 9.17) is 9.47 Å². The average molecular weight is 645 g/mol. The molecule has 0 unspecified atom stereocenters. The van der Waals surface area contributed by atoms with Gasteiger partial charge in [0.15, 0.2) is 6.10 Å². The highest BCUT2D eigenvalue weighted by Gasteiger charge is 2.16. The number of hydrogen-bond donors (Lipinski definition) is 1. The number of ether oxygens (including phenoxy) is 2. The summed E-state index contributed by atoms with van der Waals surface area (Å²) >= 11 is 0. The standard InChI is InChI=1S/C41H72O5/c1-3-5-7-9-11-13-15-17-19-20-22-23-25-27-29-31-33-35-40(43)45-38-39(37-42)46-41(44)36-34-32-30-28-26-24-21-18-16-14-12-10-8-6-4-2/h14,16-17,19,22-23,27,29,39,42H,3-13,15,18,20-21,24-26,28,30-38H2,1-2H3/t39-/m0/s1. The third-order valence-electron chi connectivity index (χ3n) is 8.10. The Morgan fingerprint density at radius 3 is 1.41 bits per heavy atom. The molecule has 5 nitrogen and oxygen atoms in total. The van der Waals surface area contributed by atoms with Crippen LogP contribution in [0.15, 0.2) is 48.6 Å². The zero-order chi connectivity index (χ0) is 33.6. The van der Waals surface area contributed by atoms with Crippen LogP contribution in [0.2, 0.25) is 0 Å². The van der Waals surface area contributed by atoms with Crippen molar-refractivity contribution in [2.24, 2.45) is 0 Å². The number of aliphatic hydroxyl groups excluding tert-OH is 1. The molecule has 0 saturated carbocycles. The number of allylic oxidation sites excluding steroid dienone is 8. The molecule has 0 aromatic heterocycles. The van der Waals surface area contributed by atoms with Crippen LogP contribution in [-0.2, 0) is 19.1 Å². The molecular weight excluding hydrogens is 572 g/mol. The van der Waals surface area contributed by atoms with Crippen molar-refractivity contribution in [1.82, 2.24) is 0 Å². The first-order valence-electron chi connectivity index (χ1n) is 19.2. The number of aliphatic hydroxyl groups is 1. The zero-order valence-electron chi connectivity index (χ0n) is 30.1. The van der Waals surface area contributed by atoms with Crippen LogP contribution in [0.1, 0.15) is 181 Å². The molecule has 266 valence electrons. The summed E-state index contributed by atoms with van der Waals surface area (Å²) in [7, 11) is 0. The van der Waals surface area contributed by atoms with Crippen LogP contribution < -0.4 is 0 Å². The molecule has 0 fully saturated rings. The fourth-order valence-electron chi connectivity index (χ4n) is 5.15. The SMILES string of the molecule is CCCCCCC=CCCCCCCCCCC(=O)O[C@@H](CO)COC(=O)CCCC=CCC=CCC=CCCCCCCCC. The number of rotatable bonds is 34. The maximum absolute atomic E-state index is 12.1. The Labute approximate surface area is 284 Å². The van der Waals surface area contributed by atoms with Gasteiger partial charge >= 0.3 is 11.9 Å². The largest absolute Gasteiger partial charge is 0.462 e. The van der Waals surface area contributed by atoms with Crippen molar-refractivity contribution in [2.75, 3.05) is 13.2 Å². The summed E-state index contributed by atoms with van der Waals surface area (Å²) in [6.45, 7) is 4.06. The lowest BCUT2D eigenvalue weighted by molar-refractivity contribution is -0.161. The predicted octanol–water partition coefficient (Wildman–Crippen LogP) is 11.8. The summed E-state index contributed by atoms with van der Waals surface area (Å²) in [5.74, 6) is -0.658. The summed E-state index contributed by atoms with van der Waals surface area (Å²) in [5, 5.41) is 9.53. The highest BCUT2D eigenvalue weighted by atomic mass is 16.6. The van der Waals surface area contributed by atoms with Gasteiger partial charge in [0, 0.05) is 12.8 Å². The molecule has 0 saturated heterocycles. The molecule has 0 rings (SSSR count). The molecule has 0 bridgehead atoms. The van der Waals surface area contributed by atoms with Gasteiger partial charge in [-0.2, -0.15) is 0 Å². The Bertz CT molecular complexity index is 782. The molecule has 0 aliphatic heterocycles. The van der Waals surface area contributed by atoms with Crippen molar-refractivity contribution >= 4 is 11.9 Å². The molecule has 0 spiro atoms. The monoisotopic (exact) mass is 645 g/mol. The van der Waals surface area contributed by atoms with Gasteiger partial charge in [0.2, 0.25) is 0 Å². The first-order valence-corrected chi connectivity index (χ1v) is 19.2. The minimum absolute atomic E-state index is 0.0941. The Balaban J connectivity index is 3.66. The van der Waals surface area contributed by atoms with Crippen LogP contribution in [0.25, 0.3) is 0 Å². The number of esters is 2. The fourth-order valence-corrected chi connectivity index (χ4v) is 5.15. The van der Waals surface area contributed by atoms with Crippen LogP contribution in [0.3, 0.4) is 0 Å². The molecule has 0 amide bonds. The van der Waals surface area contributed by atoms with Crippen molar-refractivity contribution in [3.8, 4) is 0 Å². The summed E-state index contributed by atoms with van der Waals surface area (Å²) < 4.78 is 10.5. The van der Waals surface area contributed by atoms with Gasteiger partial charge in [-0.25, -0.2) is 0 Å². The minimum atomic E-state index is -0.793. The normalized spacial score (nSPS) is 12.7. The van der Waals surface area contributed by atoms with E-state index in [2.05, 4.69) is 62.5 Å². The second kappa shape index (κ2) is 37.3.